The van der Waals surface area contributed by atoms with Crippen molar-refractivity contribution in [3.63, 3.8) is 0 Å². The van der Waals surface area contributed by atoms with Gasteiger partial charge in [-0.3, -0.25) is 9.78 Å². The number of ether oxygens (including phenoxy) is 1. The number of hydrogen-bond acceptors (Lipinski definition) is 4. The maximum atomic E-state index is 13.7. The largest absolute Gasteiger partial charge is 0.497 e. The lowest BCUT2D eigenvalue weighted by atomic mass is 9.93. The van der Waals surface area contributed by atoms with Gasteiger partial charge in [0.05, 0.1) is 23.2 Å². The minimum Gasteiger partial charge on any atom is -0.497 e. The number of carbonyl (C=O) groups is 1. The van der Waals surface area contributed by atoms with Gasteiger partial charge in [-0.1, -0.05) is 29.8 Å². The molecule has 2 heterocycles. The zero-order chi connectivity index (χ0) is 26.0. The van der Waals surface area contributed by atoms with E-state index in [2.05, 4.69) is 21.7 Å². The van der Waals surface area contributed by atoms with Crippen LogP contribution in [0.5, 0.6) is 5.75 Å². The molecule has 1 aromatic heterocycles. The minimum atomic E-state index is -0.492. The molecule has 0 unspecified atom stereocenters. The molecule has 0 bridgehead atoms. The van der Waals surface area contributed by atoms with Gasteiger partial charge in [0.1, 0.15) is 11.6 Å². The number of aryl methyl sites for hydroxylation is 1. The Hall–Kier alpha value is -3.48. The van der Waals surface area contributed by atoms with E-state index in [9.17, 15) is 9.18 Å². The molecule has 0 spiro atoms. The summed E-state index contributed by atoms with van der Waals surface area (Å²) in [7, 11) is 1.58. The highest BCUT2D eigenvalue weighted by molar-refractivity contribution is 6.31. The van der Waals surface area contributed by atoms with Crippen LogP contribution in [0.15, 0.2) is 66.9 Å². The summed E-state index contributed by atoms with van der Waals surface area (Å²) in [6, 6.07) is 18.1. The van der Waals surface area contributed by atoms with Crippen LogP contribution in [0, 0.1) is 12.7 Å². The van der Waals surface area contributed by atoms with Crippen LogP contribution in [-0.4, -0.2) is 31.1 Å². The molecule has 1 saturated heterocycles. The third-order valence-corrected chi connectivity index (χ3v) is 7.28. The molecule has 1 aliphatic carbocycles. The van der Waals surface area contributed by atoms with Gasteiger partial charge in [-0.05, 0) is 104 Å². The molecule has 1 saturated carbocycles. The number of halogens is 2. The van der Waals surface area contributed by atoms with E-state index in [0.717, 1.165) is 46.0 Å². The number of benzene rings is 3. The highest BCUT2D eigenvalue weighted by atomic mass is 35.5. The van der Waals surface area contributed by atoms with Crippen LogP contribution in [0.2, 0.25) is 5.02 Å². The lowest BCUT2D eigenvalue weighted by Gasteiger charge is -2.22. The van der Waals surface area contributed by atoms with E-state index in [1.54, 1.807) is 31.5 Å². The number of amides is 1. The smallest absolute Gasteiger partial charge is 0.252 e. The molecular formula is C30H29ClFN3O2. The van der Waals surface area contributed by atoms with Crippen molar-refractivity contribution in [2.24, 2.45) is 0 Å². The Morgan fingerprint density at radius 2 is 1.84 bits per heavy atom. The summed E-state index contributed by atoms with van der Waals surface area (Å²) in [4.78, 5) is 17.8. The Bertz CT molecular complexity index is 1460. The van der Waals surface area contributed by atoms with Gasteiger partial charge < -0.3 is 15.4 Å². The Labute approximate surface area is 221 Å². The predicted octanol–water partition coefficient (Wildman–Crippen LogP) is 6.41. The van der Waals surface area contributed by atoms with Crippen molar-refractivity contribution in [3.05, 3.63) is 94.4 Å². The fraction of sp³-hybridized carbons (Fsp3) is 0.267. The van der Waals surface area contributed by atoms with E-state index in [1.165, 1.54) is 25.6 Å². The molecule has 0 radical (unpaired) electrons. The molecule has 0 atom stereocenters. The molecule has 2 N–H and O–H groups in total. The monoisotopic (exact) mass is 517 g/mol. The third kappa shape index (κ3) is 5.31. The maximum absolute atomic E-state index is 13.7. The second kappa shape index (κ2) is 10.5. The van der Waals surface area contributed by atoms with Gasteiger partial charge in [0.2, 0.25) is 0 Å². The summed E-state index contributed by atoms with van der Waals surface area (Å²) in [6.45, 7) is 4.41. The van der Waals surface area contributed by atoms with E-state index in [-0.39, 0.29) is 10.9 Å². The van der Waals surface area contributed by atoms with Crippen molar-refractivity contribution in [2.45, 2.75) is 31.7 Å². The van der Waals surface area contributed by atoms with Crippen LogP contribution in [0.1, 0.15) is 40.7 Å². The normalized spacial score (nSPS) is 15.2. The third-order valence-electron chi connectivity index (χ3n) is 6.99. The van der Waals surface area contributed by atoms with Crippen LogP contribution in [0.4, 0.5) is 4.39 Å². The summed E-state index contributed by atoms with van der Waals surface area (Å²) in [6.07, 6.45) is 4.77. The Kier molecular flexibility index (Phi) is 7.13. The van der Waals surface area contributed by atoms with Crippen molar-refractivity contribution < 1.29 is 13.9 Å². The molecule has 1 aliphatic heterocycles. The van der Waals surface area contributed by atoms with E-state index >= 15 is 0 Å². The lowest BCUT2D eigenvalue weighted by molar-refractivity contribution is 0.0930. The Morgan fingerprint density at radius 1 is 1.08 bits per heavy atom. The quantitative estimate of drug-likeness (QED) is 0.321. The molecular weight excluding hydrogens is 489 g/mol. The van der Waals surface area contributed by atoms with E-state index in [0.29, 0.717) is 11.3 Å². The number of pyridine rings is 1. The SMILES string of the molecule is C1CNC1.COc1ccc(C)c(C(=O)NC2(c3cc(-c4ccc(F)c(Cl)c4)cc4ncccc34)CC2)c1. The van der Waals surface area contributed by atoms with Gasteiger partial charge in [-0.2, -0.15) is 0 Å². The van der Waals surface area contributed by atoms with Gasteiger partial charge in [-0.25, -0.2) is 4.39 Å². The first kappa shape index (κ1) is 25.2. The second-order valence-electron chi connectivity index (χ2n) is 9.54. The minimum absolute atomic E-state index is 0.0677. The first-order chi connectivity index (χ1) is 17.9. The highest BCUT2D eigenvalue weighted by Gasteiger charge is 2.47. The van der Waals surface area contributed by atoms with E-state index in [4.69, 9.17) is 16.3 Å². The first-order valence-electron chi connectivity index (χ1n) is 12.4. The van der Waals surface area contributed by atoms with Gasteiger partial charge >= 0.3 is 0 Å². The van der Waals surface area contributed by atoms with Crippen molar-refractivity contribution >= 4 is 28.4 Å². The molecule has 37 heavy (non-hydrogen) atoms. The Balaban J connectivity index is 0.000000640. The number of fused-ring (bicyclic) bond motifs is 1. The molecule has 6 rings (SSSR count). The van der Waals surface area contributed by atoms with Crippen LogP contribution in [0.25, 0.3) is 22.0 Å². The van der Waals surface area contributed by atoms with Gasteiger partial charge in [0.15, 0.2) is 0 Å². The zero-order valence-electron chi connectivity index (χ0n) is 20.9. The molecule has 1 amide bonds. The summed E-state index contributed by atoms with van der Waals surface area (Å²) in [5.74, 6) is 0.0377. The number of nitrogens with zero attached hydrogens (tertiary/aromatic N) is 1. The lowest BCUT2D eigenvalue weighted by Crippen LogP contribution is -2.35. The number of aromatic nitrogens is 1. The molecule has 5 nitrogen and oxygen atoms in total. The number of nitrogens with one attached hydrogen (secondary N) is 2. The average Bonchev–Trinajstić information content (AvgIpc) is 3.64. The van der Waals surface area contributed by atoms with Crippen LogP contribution in [0.3, 0.4) is 0 Å². The van der Waals surface area contributed by atoms with E-state index < -0.39 is 11.4 Å². The second-order valence-corrected chi connectivity index (χ2v) is 9.95. The molecule has 2 aliphatic rings. The fourth-order valence-electron chi connectivity index (χ4n) is 4.44. The molecule has 190 valence electrons. The fourth-order valence-corrected chi connectivity index (χ4v) is 4.62. The number of rotatable bonds is 5. The summed E-state index contributed by atoms with van der Waals surface area (Å²) >= 11 is 6.04. The average molecular weight is 518 g/mol. The summed E-state index contributed by atoms with van der Waals surface area (Å²) in [5.41, 5.74) is 4.45. The summed E-state index contributed by atoms with van der Waals surface area (Å²) < 4.78 is 19.0. The Morgan fingerprint density at radius 3 is 2.49 bits per heavy atom. The molecule has 2 fully saturated rings. The number of carbonyl (C=O) groups excluding carboxylic acids is 1. The van der Waals surface area contributed by atoms with Crippen LogP contribution < -0.4 is 15.4 Å². The number of methoxy groups -OCH3 is 1. The van der Waals surface area contributed by atoms with Gasteiger partial charge in [-0.15, -0.1) is 0 Å². The van der Waals surface area contributed by atoms with Gasteiger partial charge in [0, 0.05) is 17.1 Å². The zero-order valence-corrected chi connectivity index (χ0v) is 21.7. The van der Waals surface area contributed by atoms with E-state index in [1.807, 2.05) is 37.3 Å². The van der Waals surface area contributed by atoms with Crippen LogP contribution >= 0.6 is 11.6 Å². The predicted molar refractivity (Wildman–Crippen MR) is 146 cm³/mol. The molecule has 3 aromatic carbocycles. The van der Waals surface area contributed by atoms with Crippen molar-refractivity contribution in [1.82, 2.24) is 15.6 Å². The highest BCUT2D eigenvalue weighted by Crippen LogP contribution is 2.49. The maximum Gasteiger partial charge on any atom is 0.252 e. The molecule has 7 heteroatoms. The number of hydrogen-bond donors (Lipinski definition) is 2. The molecule has 4 aromatic rings. The van der Waals surface area contributed by atoms with Crippen LogP contribution in [-0.2, 0) is 5.54 Å². The summed E-state index contributed by atoms with van der Waals surface area (Å²) in [5, 5.41) is 7.44. The standard InChI is InChI=1S/C27H22ClFN2O2.C3H7N/c1-16-5-7-19(33-2)15-21(16)26(32)31-27(9-10-27)22-12-18(14-25-20(22)4-3-11-30-25)17-6-8-24(29)23(28)13-17;1-2-4-3-1/h3-8,11-15H,9-10H2,1-2H3,(H,31,32);4H,1-3H2. The topological polar surface area (TPSA) is 63.2 Å². The van der Waals surface area contributed by atoms with Crippen molar-refractivity contribution in [2.75, 3.05) is 20.2 Å². The van der Waals surface area contributed by atoms with Crippen molar-refractivity contribution in [3.8, 4) is 16.9 Å². The van der Waals surface area contributed by atoms with Crippen molar-refractivity contribution in [1.29, 1.82) is 0 Å². The first-order valence-corrected chi connectivity index (χ1v) is 12.8. The van der Waals surface area contributed by atoms with Gasteiger partial charge in [0.25, 0.3) is 5.91 Å².